The van der Waals surface area contributed by atoms with Gasteiger partial charge in [-0.3, -0.25) is 19.7 Å². The van der Waals surface area contributed by atoms with Crippen molar-refractivity contribution in [3.63, 3.8) is 0 Å². The van der Waals surface area contributed by atoms with Gasteiger partial charge < -0.3 is 9.47 Å². The fourth-order valence-corrected chi connectivity index (χ4v) is 1.85. The maximum Gasteiger partial charge on any atom is 0.325 e. The summed E-state index contributed by atoms with van der Waals surface area (Å²) in [5.74, 6) is -2.52. The Balaban J connectivity index is 2.20. The van der Waals surface area contributed by atoms with Crippen molar-refractivity contribution in [2.45, 2.75) is 13.8 Å². The summed E-state index contributed by atoms with van der Waals surface area (Å²) in [5.41, 5.74) is 1.41. The average Bonchev–Trinajstić information content (AvgIpc) is 2.95. The molecule has 0 atom stereocenters. The molecule has 1 heterocycles. The van der Waals surface area contributed by atoms with Crippen LogP contribution in [0.4, 0.5) is 5.69 Å². The van der Waals surface area contributed by atoms with E-state index in [4.69, 9.17) is 9.47 Å². The number of fused-ring (bicyclic) bond motifs is 1. The normalized spacial score (nSPS) is 11.2. The van der Waals surface area contributed by atoms with Crippen LogP contribution in [0.3, 0.4) is 0 Å². The minimum Gasteiger partial charge on any atom is -0.465 e. The van der Waals surface area contributed by atoms with E-state index >= 15 is 0 Å². The lowest BCUT2D eigenvalue weighted by Gasteiger charge is -2.09. The van der Waals surface area contributed by atoms with Crippen molar-refractivity contribution in [3.8, 4) is 0 Å². The van der Waals surface area contributed by atoms with Gasteiger partial charge in [-0.1, -0.05) is 0 Å². The minimum atomic E-state index is -1.17. The van der Waals surface area contributed by atoms with Gasteiger partial charge >= 0.3 is 11.9 Å². The first-order valence-corrected chi connectivity index (χ1v) is 6.96. The van der Waals surface area contributed by atoms with E-state index in [1.165, 1.54) is 6.21 Å². The number of H-pyrrole nitrogens is 1. The molecule has 0 aliphatic heterocycles. The molecule has 1 aromatic heterocycles. The lowest BCUT2D eigenvalue weighted by molar-refractivity contribution is -0.157. The number of rotatable bonds is 6. The number of carbonyl (C=O) groups is 2. The van der Waals surface area contributed by atoms with Gasteiger partial charge in [0.05, 0.1) is 30.6 Å². The lowest BCUT2D eigenvalue weighted by atomic mass is 10.1. The van der Waals surface area contributed by atoms with Crippen LogP contribution in [0.5, 0.6) is 0 Å². The third-order valence-electron chi connectivity index (χ3n) is 2.88. The third-order valence-corrected chi connectivity index (χ3v) is 2.88. The molecule has 7 heteroatoms. The van der Waals surface area contributed by atoms with E-state index in [-0.39, 0.29) is 13.2 Å². The van der Waals surface area contributed by atoms with Gasteiger partial charge in [0.25, 0.3) is 0 Å². The first kappa shape index (κ1) is 15.7. The summed E-state index contributed by atoms with van der Waals surface area (Å²) in [6.45, 7) is 3.71. The number of carbonyl (C=O) groups excluding carboxylic acids is 2. The molecular formula is C15H17N3O4. The summed E-state index contributed by atoms with van der Waals surface area (Å²) in [7, 11) is 0. The SMILES string of the molecule is CCOC(=O)C(C=Nc1ccc2cn[nH]c2c1)C(=O)OCC. The number of nitrogens with zero attached hydrogens (tertiary/aromatic N) is 2. The van der Waals surface area contributed by atoms with E-state index in [9.17, 15) is 9.59 Å². The molecule has 22 heavy (non-hydrogen) atoms. The second kappa shape index (κ2) is 7.35. The molecule has 0 aliphatic carbocycles. The van der Waals surface area contributed by atoms with E-state index in [2.05, 4.69) is 15.2 Å². The number of nitrogens with one attached hydrogen (secondary N) is 1. The first-order valence-electron chi connectivity index (χ1n) is 6.96. The van der Waals surface area contributed by atoms with Gasteiger partial charge in [0, 0.05) is 11.6 Å². The van der Waals surface area contributed by atoms with Gasteiger partial charge in [-0.2, -0.15) is 5.10 Å². The Morgan fingerprint density at radius 3 is 2.59 bits per heavy atom. The molecule has 0 saturated heterocycles. The Morgan fingerprint density at radius 2 is 1.95 bits per heavy atom. The average molecular weight is 303 g/mol. The third kappa shape index (κ3) is 3.69. The van der Waals surface area contributed by atoms with Crippen molar-refractivity contribution in [1.29, 1.82) is 0 Å². The zero-order valence-corrected chi connectivity index (χ0v) is 12.4. The number of aromatic nitrogens is 2. The highest BCUT2D eigenvalue weighted by Crippen LogP contribution is 2.19. The largest absolute Gasteiger partial charge is 0.465 e. The molecule has 7 nitrogen and oxygen atoms in total. The highest BCUT2D eigenvalue weighted by Gasteiger charge is 2.27. The van der Waals surface area contributed by atoms with Gasteiger partial charge in [-0.05, 0) is 32.0 Å². The molecule has 1 aromatic carbocycles. The number of hydrogen-bond acceptors (Lipinski definition) is 6. The Bertz CT molecular complexity index is 675. The maximum atomic E-state index is 11.8. The molecule has 0 fully saturated rings. The Morgan fingerprint density at radius 1 is 1.27 bits per heavy atom. The van der Waals surface area contributed by atoms with Crippen molar-refractivity contribution in [2.24, 2.45) is 10.9 Å². The van der Waals surface area contributed by atoms with Crippen molar-refractivity contribution >= 4 is 34.7 Å². The quantitative estimate of drug-likeness (QED) is 0.500. The molecule has 0 aliphatic rings. The van der Waals surface area contributed by atoms with Crippen molar-refractivity contribution in [1.82, 2.24) is 10.2 Å². The summed E-state index contributed by atoms with van der Waals surface area (Å²) >= 11 is 0. The Labute approximate surface area is 127 Å². The van der Waals surface area contributed by atoms with Crippen LogP contribution in [0.2, 0.25) is 0 Å². The van der Waals surface area contributed by atoms with Crippen LogP contribution in [-0.2, 0) is 19.1 Å². The summed E-state index contributed by atoms with van der Waals surface area (Å²) in [5, 5.41) is 7.69. The van der Waals surface area contributed by atoms with E-state index in [0.717, 1.165) is 10.9 Å². The van der Waals surface area contributed by atoms with Crippen LogP contribution in [0.25, 0.3) is 10.9 Å². The number of aromatic amines is 1. The summed E-state index contributed by atoms with van der Waals surface area (Å²) in [6.07, 6.45) is 2.94. The molecule has 116 valence electrons. The highest BCUT2D eigenvalue weighted by atomic mass is 16.6. The molecule has 2 aromatic rings. The fourth-order valence-electron chi connectivity index (χ4n) is 1.85. The summed E-state index contributed by atoms with van der Waals surface area (Å²) in [4.78, 5) is 27.8. The van der Waals surface area contributed by atoms with Crippen molar-refractivity contribution in [3.05, 3.63) is 24.4 Å². The van der Waals surface area contributed by atoms with Crippen LogP contribution < -0.4 is 0 Å². The zero-order valence-electron chi connectivity index (χ0n) is 12.4. The van der Waals surface area contributed by atoms with Crippen LogP contribution in [0.1, 0.15) is 13.8 Å². The van der Waals surface area contributed by atoms with Gasteiger partial charge in [0.2, 0.25) is 0 Å². The van der Waals surface area contributed by atoms with Gasteiger partial charge in [-0.15, -0.1) is 0 Å². The Hall–Kier alpha value is -2.70. The molecule has 1 N–H and O–H groups in total. The molecule has 0 spiro atoms. The van der Waals surface area contributed by atoms with Crippen LogP contribution in [-0.4, -0.2) is 41.6 Å². The smallest absolute Gasteiger partial charge is 0.325 e. The summed E-state index contributed by atoms with van der Waals surface area (Å²) < 4.78 is 9.74. The predicted octanol–water partition coefficient (Wildman–Crippen LogP) is 2.01. The molecule has 0 amide bonds. The van der Waals surface area contributed by atoms with E-state index in [1.54, 1.807) is 32.2 Å². The van der Waals surface area contributed by atoms with E-state index < -0.39 is 17.9 Å². The van der Waals surface area contributed by atoms with Crippen LogP contribution >= 0.6 is 0 Å². The molecule has 2 rings (SSSR count). The van der Waals surface area contributed by atoms with Crippen LogP contribution in [0.15, 0.2) is 29.4 Å². The maximum absolute atomic E-state index is 11.8. The van der Waals surface area contributed by atoms with Crippen molar-refractivity contribution in [2.75, 3.05) is 13.2 Å². The molecule has 0 radical (unpaired) electrons. The fraction of sp³-hybridized carbons (Fsp3) is 0.333. The van der Waals surface area contributed by atoms with Gasteiger partial charge in [0.1, 0.15) is 0 Å². The summed E-state index contributed by atoms with van der Waals surface area (Å²) in [6, 6.07) is 5.38. The molecule has 0 bridgehead atoms. The number of hydrogen-bond donors (Lipinski definition) is 1. The van der Waals surface area contributed by atoms with E-state index in [1.807, 2.05) is 6.07 Å². The molecule has 0 unspecified atom stereocenters. The van der Waals surface area contributed by atoms with Crippen LogP contribution in [0, 0.1) is 5.92 Å². The monoisotopic (exact) mass is 303 g/mol. The van der Waals surface area contributed by atoms with Gasteiger partial charge in [0.15, 0.2) is 5.92 Å². The standard InChI is InChI=1S/C15H17N3O4/c1-3-21-14(19)12(15(20)22-4-2)9-16-11-6-5-10-8-17-18-13(10)7-11/h5-9,12H,3-4H2,1-2H3,(H,17,18). The molecule has 0 saturated carbocycles. The zero-order chi connectivity index (χ0) is 15.9. The van der Waals surface area contributed by atoms with Crippen molar-refractivity contribution < 1.29 is 19.1 Å². The number of aliphatic imine (C=N–C) groups is 1. The lowest BCUT2D eigenvalue weighted by Crippen LogP contribution is -2.29. The topological polar surface area (TPSA) is 93.6 Å². The second-order valence-electron chi connectivity index (χ2n) is 4.40. The van der Waals surface area contributed by atoms with E-state index in [0.29, 0.717) is 5.69 Å². The number of benzene rings is 1. The highest BCUT2D eigenvalue weighted by molar-refractivity contribution is 6.09. The Kier molecular flexibility index (Phi) is 5.24. The number of esters is 2. The predicted molar refractivity (Wildman–Crippen MR) is 81.0 cm³/mol. The van der Waals surface area contributed by atoms with Gasteiger partial charge in [-0.25, -0.2) is 0 Å². The molecular weight excluding hydrogens is 286 g/mol. The second-order valence-corrected chi connectivity index (χ2v) is 4.40. The first-order chi connectivity index (χ1) is 10.7. The number of ether oxygens (including phenoxy) is 2. The minimum absolute atomic E-state index is 0.183.